The first-order chi connectivity index (χ1) is 9.52. The summed E-state index contributed by atoms with van der Waals surface area (Å²) < 4.78 is 7.44. The maximum absolute atomic E-state index is 8.80. The van der Waals surface area contributed by atoms with E-state index in [-0.39, 0.29) is 5.84 Å². The molecule has 2 aromatic rings. The van der Waals surface area contributed by atoms with Crippen molar-refractivity contribution in [2.45, 2.75) is 13.5 Å². The third-order valence-corrected chi connectivity index (χ3v) is 3.13. The normalized spacial score (nSPS) is 11.7. The molecule has 0 aliphatic carbocycles. The molecule has 0 radical (unpaired) electrons. The number of oxime groups is 1. The van der Waals surface area contributed by atoms with E-state index >= 15 is 0 Å². The third-order valence-electron chi connectivity index (χ3n) is 2.81. The second-order valence-electron chi connectivity index (χ2n) is 4.29. The van der Waals surface area contributed by atoms with Crippen molar-refractivity contribution in [1.29, 1.82) is 0 Å². The van der Waals surface area contributed by atoms with E-state index in [1.807, 2.05) is 20.0 Å². The van der Waals surface area contributed by atoms with Crippen LogP contribution >= 0.6 is 11.6 Å². The average Bonchev–Trinajstić information content (AvgIpc) is 2.74. The van der Waals surface area contributed by atoms with E-state index in [1.165, 1.54) is 0 Å². The number of rotatable bonds is 4. The molecule has 2 rings (SSSR count). The molecule has 0 aliphatic rings. The van der Waals surface area contributed by atoms with Crippen molar-refractivity contribution in [3.05, 3.63) is 46.2 Å². The Morgan fingerprint density at radius 3 is 2.90 bits per heavy atom. The monoisotopic (exact) mass is 294 g/mol. The standard InChI is InChI=1S/C13H15ClN4O2/c1-8-6-9(18(2)16-8)7-20-11-5-3-4-10(14)12(11)13(15)17-19/h3-6,19H,7H2,1-2H3,(H2,15,17). The maximum atomic E-state index is 8.80. The lowest BCUT2D eigenvalue weighted by atomic mass is 10.2. The Labute approximate surface area is 121 Å². The summed E-state index contributed by atoms with van der Waals surface area (Å²) in [6.07, 6.45) is 0. The molecular formula is C13H15ClN4O2. The maximum Gasteiger partial charge on any atom is 0.175 e. The molecule has 1 aromatic carbocycles. The molecule has 6 nitrogen and oxygen atoms in total. The summed E-state index contributed by atoms with van der Waals surface area (Å²) in [4.78, 5) is 0. The quantitative estimate of drug-likeness (QED) is 0.391. The van der Waals surface area contributed by atoms with Gasteiger partial charge in [-0.2, -0.15) is 5.10 Å². The van der Waals surface area contributed by atoms with Crippen LogP contribution in [0.3, 0.4) is 0 Å². The van der Waals surface area contributed by atoms with Gasteiger partial charge in [0, 0.05) is 7.05 Å². The van der Waals surface area contributed by atoms with Crippen LogP contribution in [-0.4, -0.2) is 20.8 Å². The lowest BCUT2D eigenvalue weighted by Crippen LogP contribution is -2.16. The van der Waals surface area contributed by atoms with Gasteiger partial charge in [-0.25, -0.2) is 0 Å². The van der Waals surface area contributed by atoms with Gasteiger partial charge >= 0.3 is 0 Å². The molecule has 1 aromatic heterocycles. The molecule has 106 valence electrons. The van der Waals surface area contributed by atoms with E-state index in [0.29, 0.717) is 22.9 Å². The number of aromatic nitrogens is 2. The molecule has 0 saturated heterocycles. The van der Waals surface area contributed by atoms with Gasteiger partial charge in [0.15, 0.2) is 5.84 Å². The molecule has 20 heavy (non-hydrogen) atoms. The third kappa shape index (κ3) is 2.85. The Morgan fingerprint density at radius 1 is 1.55 bits per heavy atom. The first kappa shape index (κ1) is 14.2. The second kappa shape index (κ2) is 5.83. The van der Waals surface area contributed by atoms with Crippen LogP contribution in [0.2, 0.25) is 5.02 Å². The van der Waals surface area contributed by atoms with Crippen molar-refractivity contribution in [2.24, 2.45) is 17.9 Å². The topological polar surface area (TPSA) is 85.7 Å². The minimum absolute atomic E-state index is 0.0909. The summed E-state index contributed by atoms with van der Waals surface area (Å²) >= 11 is 6.05. The van der Waals surface area contributed by atoms with Gasteiger partial charge in [-0.1, -0.05) is 22.8 Å². The van der Waals surface area contributed by atoms with Gasteiger partial charge in [0.2, 0.25) is 0 Å². The minimum Gasteiger partial charge on any atom is -0.486 e. The minimum atomic E-state index is -0.0909. The average molecular weight is 295 g/mol. The summed E-state index contributed by atoms with van der Waals surface area (Å²) in [6, 6.07) is 7.02. The number of amidine groups is 1. The number of nitrogens with two attached hydrogens (primary N) is 1. The van der Waals surface area contributed by atoms with Crippen LogP contribution in [-0.2, 0) is 13.7 Å². The zero-order valence-corrected chi connectivity index (χ0v) is 11.9. The van der Waals surface area contributed by atoms with E-state index in [1.54, 1.807) is 22.9 Å². The highest BCUT2D eigenvalue weighted by Crippen LogP contribution is 2.26. The molecule has 0 atom stereocenters. The molecule has 0 fully saturated rings. The van der Waals surface area contributed by atoms with Crippen molar-refractivity contribution >= 4 is 17.4 Å². The van der Waals surface area contributed by atoms with Gasteiger partial charge in [0.25, 0.3) is 0 Å². The number of ether oxygens (including phenoxy) is 1. The Morgan fingerprint density at radius 2 is 2.30 bits per heavy atom. The molecule has 0 spiro atoms. The van der Waals surface area contributed by atoms with Crippen molar-refractivity contribution in [3.63, 3.8) is 0 Å². The van der Waals surface area contributed by atoms with Gasteiger partial charge in [-0.15, -0.1) is 0 Å². The number of halogens is 1. The number of hydrogen-bond acceptors (Lipinski definition) is 4. The van der Waals surface area contributed by atoms with E-state index in [4.69, 9.17) is 27.3 Å². The highest BCUT2D eigenvalue weighted by molar-refractivity contribution is 6.34. The second-order valence-corrected chi connectivity index (χ2v) is 4.69. The molecule has 0 saturated carbocycles. The number of aryl methyl sites for hydroxylation is 2. The summed E-state index contributed by atoms with van der Waals surface area (Å²) in [6.45, 7) is 2.22. The van der Waals surface area contributed by atoms with Crippen LogP contribution in [0.1, 0.15) is 17.0 Å². The van der Waals surface area contributed by atoms with E-state index in [2.05, 4.69) is 10.3 Å². The Hall–Kier alpha value is -2.21. The van der Waals surface area contributed by atoms with Gasteiger partial charge in [0.1, 0.15) is 12.4 Å². The lowest BCUT2D eigenvalue weighted by Gasteiger charge is -2.12. The molecule has 0 unspecified atom stereocenters. The zero-order valence-electron chi connectivity index (χ0n) is 11.2. The largest absolute Gasteiger partial charge is 0.486 e. The number of benzene rings is 1. The fourth-order valence-electron chi connectivity index (χ4n) is 1.87. The molecule has 0 bridgehead atoms. The number of nitrogens with zero attached hydrogens (tertiary/aromatic N) is 3. The number of hydrogen-bond donors (Lipinski definition) is 2. The Bertz CT molecular complexity index is 652. The molecular weight excluding hydrogens is 280 g/mol. The predicted molar refractivity (Wildman–Crippen MR) is 76.2 cm³/mol. The van der Waals surface area contributed by atoms with Gasteiger partial charge in [-0.05, 0) is 25.1 Å². The van der Waals surface area contributed by atoms with Crippen LogP contribution in [0.5, 0.6) is 5.75 Å². The first-order valence-corrected chi connectivity index (χ1v) is 6.29. The van der Waals surface area contributed by atoms with Crippen LogP contribution < -0.4 is 10.5 Å². The molecule has 1 heterocycles. The Kier molecular flexibility index (Phi) is 4.14. The Balaban J connectivity index is 2.26. The fourth-order valence-corrected chi connectivity index (χ4v) is 2.14. The van der Waals surface area contributed by atoms with Gasteiger partial charge in [-0.3, -0.25) is 4.68 Å². The molecule has 3 N–H and O–H groups in total. The van der Waals surface area contributed by atoms with E-state index in [0.717, 1.165) is 11.4 Å². The lowest BCUT2D eigenvalue weighted by molar-refractivity contribution is 0.293. The van der Waals surface area contributed by atoms with Crippen molar-refractivity contribution in [2.75, 3.05) is 0 Å². The summed E-state index contributed by atoms with van der Waals surface area (Å²) in [5, 5.41) is 16.4. The fraction of sp³-hybridized carbons (Fsp3) is 0.231. The molecule has 7 heteroatoms. The molecule has 0 amide bonds. The summed E-state index contributed by atoms with van der Waals surface area (Å²) in [5.41, 5.74) is 7.81. The van der Waals surface area contributed by atoms with Crippen molar-refractivity contribution < 1.29 is 9.94 Å². The summed E-state index contributed by atoms with van der Waals surface area (Å²) in [7, 11) is 1.84. The SMILES string of the molecule is Cc1cc(COc2cccc(Cl)c2/C(N)=N/O)n(C)n1. The molecule has 0 aliphatic heterocycles. The highest BCUT2D eigenvalue weighted by atomic mass is 35.5. The van der Waals surface area contributed by atoms with Gasteiger partial charge in [0.05, 0.1) is 22.0 Å². The van der Waals surface area contributed by atoms with Crippen molar-refractivity contribution in [3.8, 4) is 5.75 Å². The smallest absolute Gasteiger partial charge is 0.175 e. The first-order valence-electron chi connectivity index (χ1n) is 5.91. The van der Waals surface area contributed by atoms with Crippen LogP contribution in [0.25, 0.3) is 0 Å². The van der Waals surface area contributed by atoms with Crippen molar-refractivity contribution in [1.82, 2.24) is 9.78 Å². The van der Waals surface area contributed by atoms with Crippen LogP contribution in [0.4, 0.5) is 0 Å². The van der Waals surface area contributed by atoms with Crippen LogP contribution in [0.15, 0.2) is 29.4 Å². The highest BCUT2D eigenvalue weighted by Gasteiger charge is 2.13. The van der Waals surface area contributed by atoms with Crippen LogP contribution in [0, 0.1) is 6.92 Å². The zero-order chi connectivity index (χ0) is 14.7. The predicted octanol–water partition coefficient (Wildman–Crippen LogP) is 2.06. The van der Waals surface area contributed by atoms with E-state index in [9.17, 15) is 0 Å². The van der Waals surface area contributed by atoms with Gasteiger partial charge < -0.3 is 15.7 Å². The van der Waals surface area contributed by atoms with E-state index < -0.39 is 0 Å². The summed E-state index contributed by atoms with van der Waals surface area (Å²) in [5.74, 6) is 0.360.